The van der Waals surface area contributed by atoms with Gasteiger partial charge in [-0.25, -0.2) is 0 Å². The van der Waals surface area contributed by atoms with Gasteiger partial charge >= 0.3 is 0 Å². The van der Waals surface area contributed by atoms with Crippen LogP contribution in [0.25, 0.3) is 0 Å². The summed E-state index contributed by atoms with van der Waals surface area (Å²) in [6.07, 6.45) is 0.884. The first-order valence-electron chi connectivity index (χ1n) is 6.94. The second-order valence-electron chi connectivity index (χ2n) is 5.21. The molecule has 1 N–H and O–H groups in total. The molecule has 0 atom stereocenters. The van der Waals surface area contributed by atoms with Gasteiger partial charge in [-0.3, -0.25) is 0 Å². The predicted molar refractivity (Wildman–Crippen MR) is 82.1 cm³/mol. The standard InChI is InChI=1S/C17H17ClO3/c1-11-2-3-16(13(6-11)9-19)21-10-14-8-15(18)7-12-4-5-20-17(12)14/h2-3,6-8,19H,4-5,9-10H2,1H3. The van der Waals surface area contributed by atoms with Gasteiger partial charge in [-0.05, 0) is 30.7 Å². The van der Waals surface area contributed by atoms with Crippen LogP contribution < -0.4 is 9.47 Å². The zero-order valence-corrected chi connectivity index (χ0v) is 12.6. The van der Waals surface area contributed by atoms with Crippen molar-refractivity contribution in [3.8, 4) is 11.5 Å². The van der Waals surface area contributed by atoms with Crippen LogP contribution in [-0.2, 0) is 19.6 Å². The maximum absolute atomic E-state index is 9.41. The van der Waals surface area contributed by atoms with E-state index < -0.39 is 0 Å². The fraction of sp³-hybridized carbons (Fsp3) is 0.294. The highest BCUT2D eigenvalue weighted by Gasteiger charge is 2.18. The SMILES string of the molecule is Cc1ccc(OCc2cc(Cl)cc3c2OCC3)c(CO)c1. The number of hydrogen-bond donors (Lipinski definition) is 1. The van der Waals surface area contributed by atoms with E-state index in [4.69, 9.17) is 21.1 Å². The third kappa shape index (κ3) is 2.99. The largest absolute Gasteiger partial charge is 0.493 e. The molecule has 0 fully saturated rings. The lowest BCUT2D eigenvalue weighted by atomic mass is 10.1. The van der Waals surface area contributed by atoms with E-state index in [1.807, 2.05) is 37.3 Å². The van der Waals surface area contributed by atoms with Crippen LogP contribution in [0.15, 0.2) is 30.3 Å². The summed E-state index contributed by atoms with van der Waals surface area (Å²) in [6, 6.07) is 9.59. The second kappa shape index (κ2) is 5.96. The maximum Gasteiger partial charge on any atom is 0.129 e. The summed E-state index contributed by atoms with van der Waals surface area (Å²) in [7, 11) is 0. The molecule has 0 radical (unpaired) electrons. The van der Waals surface area contributed by atoms with Gasteiger partial charge in [0.2, 0.25) is 0 Å². The van der Waals surface area contributed by atoms with Crippen LogP contribution in [0.1, 0.15) is 22.3 Å². The Kier molecular flexibility index (Phi) is 4.04. The van der Waals surface area contributed by atoms with Crippen LogP contribution in [0.3, 0.4) is 0 Å². The fourth-order valence-corrected chi connectivity index (χ4v) is 2.84. The van der Waals surface area contributed by atoms with E-state index in [9.17, 15) is 5.11 Å². The molecule has 3 rings (SSSR count). The van der Waals surface area contributed by atoms with Crippen LogP contribution in [0.4, 0.5) is 0 Å². The summed E-state index contributed by atoms with van der Waals surface area (Å²) in [5.74, 6) is 1.58. The molecule has 0 amide bonds. The molecule has 0 aromatic heterocycles. The lowest BCUT2D eigenvalue weighted by molar-refractivity contribution is 0.256. The summed E-state index contributed by atoms with van der Waals surface area (Å²) >= 11 is 6.14. The lowest BCUT2D eigenvalue weighted by Crippen LogP contribution is -2.01. The van der Waals surface area contributed by atoms with Crippen LogP contribution in [0, 0.1) is 6.92 Å². The van der Waals surface area contributed by atoms with Gasteiger partial charge in [-0.2, -0.15) is 0 Å². The van der Waals surface area contributed by atoms with E-state index in [0.29, 0.717) is 24.0 Å². The van der Waals surface area contributed by atoms with Gasteiger partial charge < -0.3 is 14.6 Å². The quantitative estimate of drug-likeness (QED) is 0.937. The molecule has 1 aliphatic heterocycles. The molecule has 0 bridgehead atoms. The molecule has 21 heavy (non-hydrogen) atoms. The smallest absolute Gasteiger partial charge is 0.129 e. The molecule has 4 heteroatoms. The summed E-state index contributed by atoms with van der Waals surface area (Å²) in [5.41, 5.74) is 3.96. The zero-order valence-electron chi connectivity index (χ0n) is 11.9. The number of hydrogen-bond acceptors (Lipinski definition) is 3. The molecule has 1 heterocycles. The van der Waals surface area contributed by atoms with Crippen molar-refractivity contribution in [3.05, 3.63) is 57.6 Å². The van der Waals surface area contributed by atoms with Crippen molar-refractivity contribution in [1.82, 2.24) is 0 Å². The predicted octanol–water partition coefficient (Wildman–Crippen LogP) is 3.65. The minimum absolute atomic E-state index is 0.0405. The van der Waals surface area contributed by atoms with Gasteiger partial charge in [0.15, 0.2) is 0 Å². The molecule has 1 aliphatic rings. The number of aryl methyl sites for hydroxylation is 1. The van der Waals surface area contributed by atoms with E-state index in [0.717, 1.165) is 34.4 Å². The third-order valence-corrected chi connectivity index (χ3v) is 3.81. The Morgan fingerprint density at radius 1 is 1.24 bits per heavy atom. The monoisotopic (exact) mass is 304 g/mol. The average Bonchev–Trinajstić information content (AvgIpc) is 2.93. The van der Waals surface area contributed by atoms with Crippen LogP contribution in [0.2, 0.25) is 5.02 Å². The molecule has 0 saturated carbocycles. The topological polar surface area (TPSA) is 38.7 Å². The number of aliphatic hydroxyl groups excluding tert-OH is 1. The van der Waals surface area contributed by atoms with Crippen LogP contribution >= 0.6 is 11.6 Å². The Balaban J connectivity index is 1.83. The Hall–Kier alpha value is -1.71. The molecule has 0 unspecified atom stereocenters. The van der Waals surface area contributed by atoms with Crippen molar-refractivity contribution >= 4 is 11.6 Å². The summed E-state index contributed by atoms with van der Waals surface area (Å²) in [6.45, 7) is 3.01. The van der Waals surface area contributed by atoms with Gasteiger partial charge in [0.05, 0.1) is 13.2 Å². The molecule has 0 saturated heterocycles. The van der Waals surface area contributed by atoms with Crippen LogP contribution in [0.5, 0.6) is 11.5 Å². The zero-order chi connectivity index (χ0) is 14.8. The van der Waals surface area contributed by atoms with Crippen molar-refractivity contribution in [3.63, 3.8) is 0 Å². The first-order valence-corrected chi connectivity index (χ1v) is 7.32. The summed E-state index contributed by atoms with van der Waals surface area (Å²) in [5, 5.41) is 10.1. The van der Waals surface area contributed by atoms with Gasteiger partial charge in [0, 0.05) is 22.6 Å². The second-order valence-corrected chi connectivity index (χ2v) is 5.65. The Morgan fingerprint density at radius 3 is 2.90 bits per heavy atom. The van der Waals surface area contributed by atoms with Crippen molar-refractivity contribution in [2.24, 2.45) is 0 Å². The highest BCUT2D eigenvalue weighted by atomic mass is 35.5. The number of halogens is 1. The number of benzene rings is 2. The Labute approximate surface area is 129 Å². The van der Waals surface area contributed by atoms with Crippen molar-refractivity contribution in [1.29, 1.82) is 0 Å². The molecule has 110 valence electrons. The van der Waals surface area contributed by atoms with Gasteiger partial charge in [0.25, 0.3) is 0 Å². The molecule has 3 nitrogen and oxygen atoms in total. The molecule has 0 spiro atoms. The van der Waals surface area contributed by atoms with E-state index in [-0.39, 0.29) is 6.61 Å². The number of fused-ring (bicyclic) bond motifs is 1. The van der Waals surface area contributed by atoms with Crippen molar-refractivity contribution < 1.29 is 14.6 Å². The highest BCUT2D eigenvalue weighted by molar-refractivity contribution is 6.30. The highest BCUT2D eigenvalue weighted by Crippen LogP contribution is 2.33. The first-order chi connectivity index (χ1) is 10.2. The normalized spacial score (nSPS) is 12.9. The lowest BCUT2D eigenvalue weighted by Gasteiger charge is -2.13. The van der Waals surface area contributed by atoms with Gasteiger partial charge in [-0.15, -0.1) is 0 Å². The van der Waals surface area contributed by atoms with E-state index in [1.54, 1.807) is 0 Å². The minimum Gasteiger partial charge on any atom is -0.493 e. The fourth-order valence-electron chi connectivity index (χ4n) is 2.58. The molecule has 0 aliphatic carbocycles. The molecular weight excluding hydrogens is 288 g/mol. The summed E-state index contributed by atoms with van der Waals surface area (Å²) in [4.78, 5) is 0. The Bertz CT molecular complexity index is 667. The number of ether oxygens (including phenoxy) is 2. The van der Waals surface area contributed by atoms with E-state index in [2.05, 4.69) is 0 Å². The van der Waals surface area contributed by atoms with E-state index in [1.165, 1.54) is 0 Å². The minimum atomic E-state index is -0.0405. The molecule has 2 aromatic carbocycles. The summed E-state index contributed by atoms with van der Waals surface area (Å²) < 4.78 is 11.5. The van der Waals surface area contributed by atoms with E-state index >= 15 is 0 Å². The van der Waals surface area contributed by atoms with Gasteiger partial charge in [-0.1, -0.05) is 29.3 Å². The number of rotatable bonds is 4. The Morgan fingerprint density at radius 2 is 2.10 bits per heavy atom. The van der Waals surface area contributed by atoms with Gasteiger partial charge in [0.1, 0.15) is 18.1 Å². The third-order valence-electron chi connectivity index (χ3n) is 3.59. The first kappa shape index (κ1) is 14.2. The van der Waals surface area contributed by atoms with Crippen molar-refractivity contribution in [2.45, 2.75) is 26.6 Å². The average molecular weight is 305 g/mol. The van der Waals surface area contributed by atoms with Crippen LogP contribution in [-0.4, -0.2) is 11.7 Å². The molecular formula is C17H17ClO3. The molecule has 2 aromatic rings. The maximum atomic E-state index is 9.41. The number of aliphatic hydroxyl groups is 1. The van der Waals surface area contributed by atoms with Crippen molar-refractivity contribution in [2.75, 3.05) is 6.61 Å².